The molecule has 1 unspecified atom stereocenters. The average molecular weight is 526 g/mol. The number of hydrogen-bond donors (Lipinski definition) is 1. The van der Waals surface area contributed by atoms with Crippen LogP contribution in [0.25, 0.3) is 0 Å². The van der Waals surface area contributed by atoms with E-state index in [1.807, 2.05) is 36.9 Å². The second-order valence-corrected chi connectivity index (χ2v) is 12.9. The summed E-state index contributed by atoms with van der Waals surface area (Å²) in [6.45, 7) is 7.71. The van der Waals surface area contributed by atoms with Crippen molar-refractivity contribution in [1.82, 2.24) is 15.1 Å². The zero-order chi connectivity index (χ0) is 26.6. The lowest BCUT2D eigenvalue weighted by molar-refractivity contribution is -0.139. The molecule has 2 aromatic rings. The van der Waals surface area contributed by atoms with Gasteiger partial charge in [-0.25, -0.2) is 8.42 Å². The van der Waals surface area contributed by atoms with Crippen molar-refractivity contribution in [2.24, 2.45) is 11.3 Å². The Morgan fingerprint density at radius 3 is 2.19 bits per heavy atom. The second-order valence-electron chi connectivity index (χ2n) is 10.9. The molecule has 200 valence electrons. The smallest absolute Gasteiger partial charge is 0.229 e. The Hall–Kier alpha value is -2.71. The molecule has 2 aromatic carbocycles. The number of nitrogens with one attached hydrogen (secondary N) is 1. The maximum atomic E-state index is 13.4. The van der Waals surface area contributed by atoms with Crippen molar-refractivity contribution in [1.29, 1.82) is 0 Å². The minimum atomic E-state index is -3.23. The van der Waals surface area contributed by atoms with Crippen molar-refractivity contribution in [2.45, 2.75) is 57.0 Å². The summed E-state index contributed by atoms with van der Waals surface area (Å²) in [5, 5.41) is 3.21. The summed E-state index contributed by atoms with van der Waals surface area (Å²) in [6.07, 6.45) is 4.61. The van der Waals surface area contributed by atoms with E-state index < -0.39 is 9.84 Å². The number of likely N-dealkylation sites (tertiary alicyclic amines) is 2. The van der Waals surface area contributed by atoms with Crippen molar-refractivity contribution in [2.75, 3.05) is 32.4 Å². The van der Waals surface area contributed by atoms with Crippen LogP contribution in [0.15, 0.2) is 59.5 Å². The van der Waals surface area contributed by atoms with Gasteiger partial charge < -0.3 is 15.1 Å². The average Bonchev–Trinajstić information content (AvgIpc) is 3.17. The van der Waals surface area contributed by atoms with Crippen LogP contribution in [0.5, 0.6) is 0 Å². The van der Waals surface area contributed by atoms with Crippen LogP contribution in [0, 0.1) is 11.3 Å². The largest absolute Gasteiger partial charge is 0.349 e. The molecule has 1 N–H and O–H groups in total. The van der Waals surface area contributed by atoms with Gasteiger partial charge in [-0.3, -0.25) is 9.59 Å². The zero-order valence-corrected chi connectivity index (χ0v) is 23.0. The van der Waals surface area contributed by atoms with Crippen LogP contribution in [-0.4, -0.2) is 62.5 Å². The lowest BCUT2D eigenvalue weighted by Crippen LogP contribution is -2.45. The molecule has 2 aliphatic rings. The van der Waals surface area contributed by atoms with Crippen molar-refractivity contribution in [3.8, 4) is 0 Å². The highest BCUT2D eigenvalue weighted by atomic mass is 32.2. The van der Waals surface area contributed by atoms with Gasteiger partial charge in [0.15, 0.2) is 9.84 Å². The number of piperidine rings is 1. The summed E-state index contributed by atoms with van der Waals surface area (Å²) in [5.74, 6) is 0.231. The molecular weight excluding hydrogens is 486 g/mol. The maximum absolute atomic E-state index is 13.4. The third-order valence-corrected chi connectivity index (χ3v) is 9.04. The van der Waals surface area contributed by atoms with Crippen LogP contribution in [0.1, 0.15) is 56.7 Å². The van der Waals surface area contributed by atoms with Gasteiger partial charge in [-0.15, -0.1) is 0 Å². The van der Waals surface area contributed by atoms with E-state index in [1.165, 1.54) is 6.26 Å². The van der Waals surface area contributed by atoms with E-state index in [2.05, 4.69) is 22.3 Å². The number of carbonyl (C=O) groups is 2. The van der Waals surface area contributed by atoms with Crippen LogP contribution < -0.4 is 5.32 Å². The standard InChI is InChI=1S/C29H39N3O4S/c1-22(2)27(33)30-26(24-7-5-4-6-8-24)13-17-31-18-14-29(15-19-31)16-20-32(28(29)34)21-23-9-11-25(12-10-23)37(3,35)36/h4-12,22,26H,13-21H2,1-3H3,(H,30,33). The third-order valence-electron chi connectivity index (χ3n) is 7.92. The fourth-order valence-electron chi connectivity index (χ4n) is 5.43. The lowest BCUT2D eigenvalue weighted by Gasteiger charge is -2.38. The van der Waals surface area contributed by atoms with Gasteiger partial charge >= 0.3 is 0 Å². The molecule has 37 heavy (non-hydrogen) atoms. The van der Waals surface area contributed by atoms with Gasteiger partial charge in [-0.05, 0) is 62.0 Å². The molecule has 0 radical (unpaired) electrons. The Morgan fingerprint density at radius 1 is 0.973 bits per heavy atom. The van der Waals surface area contributed by atoms with Gasteiger partial charge in [0.25, 0.3) is 0 Å². The lowest BCUT2D eigenvalue weighted by atomic mass is 9.77. The third kappa shape index (κ3) is 6.60. The van der Waals surface area contributed by atoms with Crippen LogP contribution in [-0.2, 0) is 26.0 Å². The van der Waals surface area contributed by atoms with Crippen molar-refractivity contribution in [3.63, 3.8) is 0 Å². The number of benzene rings is 2. The predicted octanol–water partition coefficient (Wildman–Crippen LogP) is 3.81. The van der Waals surface area contributed by atoms with E-state index in [-0.39, 0.29) is 29.2 Å². The summed E-state index contributed by atoms with van der Waals surface area (Å²) < 4.78 is 23.4. The highest BCUT2D eigenvalue weighted by molar-refractivity contribution is 7.90. The second kappa shape index (κ2) is 11.4. The zero-order valence-electron chi connectivity index (χ0n) is 22.2. The summed E-state index contributed by atoms with van der Waals surface area (Å²) in [4.78, 5) is 30.5. The quantitative estimate of drug-likeness (QED) is 0.538. The Balaban J connectivity index is 1.31. The predicted molar refractivity (Wildman–Crippen MR) is 144 cm³/mol. The van der Waals surface area contributed by atoms with Crippen LogP contribution >= 0.6 is 0 Å². The SMILES string of the molecule is CC(C)C(=O)NC(CCN1CCC2(CC1)CCN(Cc1ccc(S(C)(=O)=O)cc1)C2=O)c1ccccc1. The van der Waals surface area contributed by atoms with Gasteiger partial charge in [0.2, 0.25) is 11.8 Å². The summed E-state index contributed by atoms with van der Waals surface area (Å²) in [7, 11) is -3.23. The van der Waals surface area contributed by atoms with Gasteiger partial charge in [0.1, 0.15) is 0 Å². The minimum absolute atomic E-state index is 0.0234. The molecule has 1 atom stereocenters. The number of carbonyl (C=O) groups excluding carboxylic acids is 2. The fraction of sp³-hybridized carbons (Fsp3) is 0.517. The van der Waals surface area contributed by atoms with Crippen LogP contribution in [0.2, 0.25) is 0 Å². The molecule has 2 heterocycles. The Bertz CT molecular complexity index is 1190. The van der Waals surface area contributed by atoms with E-state index in [0.717, 1.165) is 63.0 Å². The first kappa shape index (κ1) is 27.3. The molecule has 1 spiro atoms. The number of sulfone groups is 1. The summed E-state index contributed by atoms with van der Waals surface area (Å²) >= 11 is 0. The number of nitrogens with zero attached hydrogens (tertiary/aromatic N) is 2. The first-order valence-electron chi connectivity index (χ1n) is 13.2. The fourth-order valence-corrected chi connectivity index (χ4v) is 6.06. The van der Waals surface area contributed by atoms with E-state index in [4.69, 9.17) is 0 Å². The van der Waals surface area contributed by atoms with E-state index in [9.17, 15) is 18.0 Å². The topological polar surface area (TPSA) is 86.8 Å². The maximum Gasteiger partial charge on any atom is 0.229 e. The van der Waals surface area contributed by atoms with E-state index in [0.29, 0.717) is 11.4 Å². The molecule has 8 heteroatoms. The number of rotatable bonds is 9. The molecule has 7 nitrogen and oxygen atoms in total. The highest BCUT2D eigenvalue weighted by Gasteiger charge is 2.47. The van der Waals surface area contributed by atoms with Crippen molar-refractivity contribution in [3.05, 3.63) is 65.7 Å². The van der Waals surface area contributed by atoms with E-state index in [1.54, 1.807) is 24.3 Å². The van der Waals surface area contributed by atoms with Gasteiger partial charge in [-0.2, -0.15) is 0 Å². The molecule has 0 aromatic heterocycles. The van der Waals surface area contributed by atoms with Gasteiger partial charge in [-0.1, -0.05) is 56.3 Å². The minimum Gasteiger partial charge on any atom is -0.349 e. The van der Waals surface area contributed by atoms with Crippen molar-refractivity contribution < 1.29 is 18.0 Å². The summed E-state index contributed by atoms with van der Waals surface area (Å²) in [5.41, 5.74) is 1.79. The van der Waals surface area contributed by atoms with Crippen molar-refractivity contribution >= 4 is 21.7 Å². The monoisotopic (exact) mass is 525 g/mol. The Labute approximate surface area is 221 Å². The number of hydrogen-bond acceptors (Lipinski definition) is 5. The molecule has 2 fully saturated rings. The first-order chi connectivity index (χ1) is 17.6. The highest BCUT2D eigenvalue weighted by Crippen LogP contribution is 2.42. The van der Waals surface area contributed by atoms with Gasteiger partial charge in [0, 0.05) is 31.8 Å². The normalized spacial score (nSPS) is 18.9. The number of amides is 2. The van der Waals surface area contributed by atoms with Crippen LogP contribution in [0.4, 0.5) is 0 Å². The molecule has 0 bridgehead atoms. The molecule has 2 amide bonds. The molecule has 2 aliphatic heterocycles. The Kier molecular flexibility index (Phi) is 8.39. The van der Waals surface area contributed by atoms with Crippen LogP contribution in [0.3, 0.4) is 0 Å². The summed E-state index contributed by atoms with van der Waals surface area (Å²) in [6, 6.07) is 17.0. The molecule has 2 saturated heterocycles. The Morgan fingerprint density at radius 2 is 1.59 bits per heavy atom. The molecule has 4 rings (SSSR count). The first-order valence-corrected chi connectivity index (χ1v) is 15.1. The van der Waals surface area contributed by atoms with Gasteiger partial charge in [0.05, 0.1) is 16.4 Å². The molecule has 0 saturated carbocycles. The molecule has 0 aliphatic carbocycles. The van der Waals surface area contributed by atoms with E-state index >= 15 is 0 Å². The molecular formula is C29H39N3O4S.